The maximum Gasteiger partial charge on any atom is -0.0355 e. The minimum atomic E-state index is 1.16. The van der Waals surface area contributed by atoms with E-state index in [0.29, 0.717) is 0 Å². The van der Waals surface area contributed by atoms with Gasteiger partial charge in [0, 0.05) is 0 Å². The molecule has 2 saturated carbocycles. The zero-order chi connectivity index (χ0) is 8.39. The molecule has 0 bridgehead atoms. The van der Waals surface area contributed by atoms with E-state index < -0.39 is 0 Å². The lowest BCUT2D eigenvalue weighted by atomic mass is 9.99. The first-order valence-corrected chi connectivity index (χ1v) is 5.92. The highest BCUT2D eigenvalue weighted by Gasteiger charge is 2.42. The first-order valence-electron chi connectivity index (χ1n) is 5.92. The van der Waals surface area contributed by atoms with Crippen molar-refractivity contribution in [2.24, 2.45) is 17.8 Å². The summed E-state index contributed by atoms with van der Waals surface area (Å²) in [6.07, 6.45) is 12.2. The van der Waals surface area contributed by atoms with Crippen LogP contribution in [0.15, 0.2) is 0 Å². The summed E-state index contributed by atoms with van der Waals surface area (Å²) in [5.74, 6) is 3.50. The molecule has 0 saturated heterocycles. The Bertz CT molecular complexity index is 133. The Morgan fingerprint density at radius 2 is 1.92 bits per heavy atom. The van der Waals surface area contributed by atoms with E-state index >= 15 is 0 Å². The van der Waals surface area contributed by atoms with Gasteiger partial charge in [0.1, 0.15) is 0 Å². The fraction of sp³-hybridized carbons (Fsp3) is 1.00. The fourth-order valence-corrected chi connectivity index (χ4v) is 3.03. The molecule has 0 heterocycles. The molecule has 0 nitrogen and oxygen atoms in total. The normalized spacial score (nSPS) is 35.8. The van der Waals surface area contributed by atoms with Gasteiger partial charge in [-0.1, -0.05) is 51.9 Å². The molecule has 0 aromatic carbocycles. The van der Waals surface area contributed by atoms with Crippen LogP contribution in [0.4, 0.5) is 0 Å². The van der Waals surface area contributed by atoms with Crippen LogP contribution < -0.4 is 0 Å². The Kier molecular flexibility index (Phi) is 2.73. The van der Waals surface area contributed by atoms with Gasteiger partial charge in [0.15, 0.2) is 0 Å². The quantitative estimate of drug-likeness (QED) is 0.592. The third-order valence-corrected chi connectivity index (χ3v) is 3.91. The van der Waals surface area contributed by atoms with E-state index in [2.05, 4.69) is 6.92 Å². The van der Waals surface area contributed by atoms with E-state index in [9.17, 15) is 0 Å². The molecule has 2 rings (SSSR count). The predicted molar refractivity (Wildman–Crippen MR) is 53.1 cm³/mol. The van der Waals surface area contributed by atoms with Crippen LogP contribution in [0, 0.1) is 17.8 Å². The van der Waals surface area contributed by atoms with E-state index in [0.717, 1.165) is 11.8 Å². The molecule has 2 aliphatic rings. The maximum absolute atomic E-state index is 2.31. The SMILES string of the molecule is CCCCC1CC1C1CCCC1. The van der Waals surface area contributed by atoms with Gasteiger partial charge in [-0.2, -0.15) is 0 Å². The Labute approximate surface area is 76.7 Å². The van der Waals surface area contributed by atoms with Crippen molar-refractivity contribution in [3.8, 4) is 0 Å². The molecule has 0 heteroatoms. The highest BCUT2D eigenvalue weighted by atomic mass is 14.5. The Balaban J connectivity index is 1.65. The zero-order valence-electron chi connectivity index (χ0n) is 8.39. The lowest BCUT2D eigenvalue weighted by Gasteiger charge is -2.06. The molecule has 0 aromatic rings. The summed E-state index contributed by atoms with van der Waals surface area (Å²) >= 11 is 0. The van der Waals surface area contributed by atoms with Crippen molar-refractivity contribution in [2.75, 3.05) is 0 Å². The molecular weight excluding hydrogens is 144 g/mol. The van der Waals surface area contributed by atoms with Crippen LogP contribution in [0.5, 0.6) is 0 Å². The summed E-state index contributed by atoms with van der Waals surface area (Å²) in [5.41, 5.74) is 0. The second-order valence-electron chi connectivity index (χ2n) is 4.85. The monoisotopic (exact) mass is 166 g/mol. The molecule has 2 atom stereocenters. The highest BCUT2D eigenvalue weighted by Crippen LogP contribution is 2.52. The van der Waals surface area contributed by atoms with Crippen LogP contribution in [-0.2, 0) is 0 Å². The molecule has 0 radical (unpaired) electrons. The summed E-state index contributed by atoms with van der Waals surface area (Å²) in [4.78, 5) is 0. The smallest absolute Gasteiger partial charge is 0.0355 e. The van der Waals surface area contributed by atoms with E-state index in [1.807, 2.05) is 0 Å². The first-order chi connectivity index (χ1) is 5.92. The summed E-state index contributed by atoms with van der Waals surface area (Å²) in [6.45, 7) is 2.31. The van der Waals surface area contributed by atoms with Gasteiger partial charge in [0.25, 0.3) is 0 Å². The molecular formula is C12H22. The van der Waals surface area contributed by atoms with Crippen LogP contribution in [0.1, 0.15) is 58.3 Å². The summed E-state index contributed by atoms with van der Waals surface area (Å²) < 4.78 is 0. The van der Waals surface area contributed by atoms with E-state index in [-0.39, 0.29) is 0 Å². The largest absolute Gasteiger partial charge is 0.0654 e. The van der Waals surface area contributed by atoms with Crippen molar-refractivity contribution in [1.82, 2.24) is 0 Å². The molecule has 2 aliphatic carbocycles. The number of unbranched alkanes of at least 4 members (excludes halogenated alkanes) is 1. The molecule has 0 spiro atoms. The van der Waals surface area contributed by atoms with Crippen molar-refractivity contribution in [3.05, 3.63) is 0 Å². The average molecular weight is 166 g/mol. The first kappa shape index (κ1) is 8.59. The van der Waals surface area contributed by atoms with E-state index in [1.165, 1.54) is 38.0 Å². The van der Waals surface area contributed by atoms with E-state index in [4.69, 9.17) is 0 Å². The van der Waals surface area contributed by atoms with Crippen LogP contribution >= 0.6 is 0 Å². The van der Waals surface area contributed by atoms with Crippen molar-refractivity contribution in [1.29, 1.82) is 0 Å². The minimum absolute atomic E-state index is 1.16. The van der Waals surface area contributed by atoms with Gasteiger partial charge < -0.3 is 0 Å². The van der Waals surface area contributed by atoms with Crippen LogP contribution in [0.25, 0.3) is 0 Å². The molecule has 0 amide bonds. The highest BCUT2D eigenvalue weighted by molar-refractivity contribution is 4.92. The molecule has 70 valence electrons. The predicted octanol–water partition coefficient (Wildman–Crippen LogP) is 4.00. The number of hydrogen-bond donors (Lipinski definition) is 0. The topological polar surface area (TPSA) is 0 Å². The third-order valence-electron chi connectivity index (χ3n) is 3.91. The van der Waals surface area contributed by atoms with Crippen LogP contribution in [0.2, 0.25) is 0 Å². The minimum Gasteiger partial charge on any atom is -0.0654 e. The fourth-order valence-electron chi connectivity index (χ4n) is 3.03. The van der Waals surface area contributed by atoms with Crippen molar-refractivity contribution >= 4 is 0 Å². The Morgan fingerprint density at radius 1 is 1.17 bits per heavy atom. The van der Waals surface area contributed by atoms with Crippen LogP contribution in [0.3, 0.4) is 0 Å². The summed E-state index contributed by atoms with van der Waals surface area (Å²) in [5, 5.41) is 0. The molecule has 0 aromatic heterocycles. The van der Waals surface area contributed by atoms with Crippen LogP contribution in [-0.4, -0.2) is 0 Å². The second-order valence-corrected chi connectivity index (χ2v) is 4.85. The molecule has 0 aliphatic heterocycles. The molecule has 12 heavy (non-hydrogen) atoms. The lowest BCUT2D eigenvalue weighted by molar-refractivity contribution is 0.436. The van der Waals surface area contributed by atoms with Gasteiger partial charge >= 0.3 is 0 Å². The van der Waals surface area contributed by atoms with Gasteiger partial charge in [-0.05, 0) is 24.2 Å². The Hall–Kier alpha value is 0. The van der Waals surface area contributed by atoms with Crippen molar-refractivity contribution in [2.45, 2.75) is 58.3 Å². The summed E-state index contributed by atoms with van der Waals surface area (Å²) in [7, 11) is 0. The number of rotatable bonds is 4. The summed E-state index contributed by atoms with van der Waals surface area (Å²) in [6, 6.07) is 0. The molecule has 2 fully saturated rings. The van der Waals surface area contributed by atoms with Gasteiger partial charge in [-0.3, -0.25) is 0 Å². The molecule has 2 unspecified atom stereocenters. The van der Waals surface area contributed by atoms with Gasteiger partial charge in [-0.25, -0.2) is 0 Å². The zero-order valence-corrected chi connectivity index (χ0v) is 8.39. The second kappa shape index (κ2) is 3.81. The third kappa shape index (κ3) is 1.84. The maximum atomic E-state index is 2.31. The van der Waals surface area contributed by atoms with Gasteiger partial charge in [-0.15, -0.1) is 0 Å². The van der Waals surface area contributed by atoms with Gasteiger partial charge in [0.05, 0.1) is 0 Å². The van der Waals surface area contributed by atoms with Crippen molar-refractivity contribution in [3.63, 3.8) is 0 Å². The Morgan fingerprint density at radius 3 is 2.58 bits per heavy atom. The van der Waals surface area contributed by atoms with Crippen molar-refractivity contribution < 1.29 is 0 Å². The lowest BCUT2D eigenvalue weighted by Crippen LogP contribution is -1.97. The average Bonchev–Trinajstić information content (AvgIpc) is 2.64. The van der Waals surface area contributed by atoms with E-state index in [1.54, 1.807) is 19.3 Å². The molecule has 0 N–H and O–H groups in total. The van der Waals surface area contributed by atoms with Gasteiger partial charge in [0.2, 0.25) is 0 Å². The number of hydrogen-bond acceptors (Lipinski definition) is 0. The standard InChI is InChI=1S/C12H22/c1-2-3-6-11-9-12(11)10-7-4-5-8-10/h10-12H,2-9H2,1H3.